The Morgan fingerprint density at radius 3 is 2.93 bits per heavy atom. The molecular formula is C20H31N3O4. The summed E-state index contributed by atoms with van der Waals surface area (Å²) in [6, 6.07) is 7.58. The minimum absolute atomic E-state index is 0.0753. The molecule has 1 aromatic carbocycles. The number of likely N-dealkylation sites (tertiary alicyclic amines) is 1. The fourth-order valence-corrected chi connectivity index (χ4v) is 3.11. The Hall–Kier alpha value is -2.44. The number of carbonyl (C=O) groups is 1. The van der Waals surface area contributed by atoms with Crippen molar-refractivity contribution < 1.29 is 19.0 Å². The van der Waals surface area contributed by atoms with Crippen LogP contribution in [0.25, 0.3) is 0 Å². The molecule has 1 aliphatic heterocycles. The zero-order valence-corrected chi connectivity index (χ0v) is 16.6. The second-order valence-corrected chi connectivity index (χ2v) is 6.39. The summed E-state index contributed by atoms with van der Waals surface area (Å²) in [5.41, 5.74) is 0. The van der Waals surface area contributed by atoms with E-state index in [0.717, 1.165) is 49.8 Å². The summed E-state index contributed by atoms with van der Waals surface area (Å²) in [5.74, 6) is 2.22. The van der Waals surface area contributed by atoms with Gasteiger partial charge in [-0.3, -0.25) is 9.79 Å². The molecule has 1 saturated heterocycles. The first kappa shape index (κ1) is 20.9. The van der Waals surface area contributed by atoms with Gasteiger partial charge in [0.1, 0.15) is 11.5 Å². The van der Waals surface area contributed by atoms with Gasteiger partial charge in [-0.25, -0.2) is 0 Å². The van der Waals surface area contributed by atoms with Gasteiger partial charge in [0, 0.05) is 32.7 Å². The summed E-state index contributed by atoms with van der Waals surface area (Å²) in [4.78, 5) is 18.5. The summed E-state index contributed by atoms with van der Waals surface area (Å²) in [5, 5.41) is 3.36. The molecule has 1 aliphatic rings. The maximum Gasteiger partial charge on any atom is 0.310 e. The minimum atomic E-state index is -0.107. The molecule has 27 heavy (non-hydrogen) atoms. The Morgan fingerprint density at radius 1 is 1.37 bits per heavy atom. The van der Waals surface area contributed by atoms with Gasteiger partial charge in [-0.15, -0.1) is 0 Å². The van der Waals surface area contributed by atoms with E-state index in [0.29, 0.717) is 19.8 Å². The van der Waals surface area contributed by atoms with Crippen molar-refractivity contribution in [3.8, 4) is 11.5 Å². The number of esters is 1. The van der Waals surface area contributed by atoms with Crippen LogP contribution in [0.5, 0.6) is 11.5 Å². The van der Waals surface area contributed by atoms with E-state index in [9.17, 15) is 4.79 Å². The average molecular weight is 377 g/mol. The van der Waals surface area contributed by atoms with Gasteiger partial charge in [0.15, 0.2) is 5.96 Å². The van der Waals surface area contributed by atoms with Crippen LogP contribution in [0.2, 0.25) is 0 Å². The number of hydrogen-bond donors (Lipinski definition) is 1. The van der Waals surface area contributed by atoms with Gasteiger partial charge in [0.25, 0.3) is 0 Å². The van der Waals surface area contributed by atoms with Crippen LogP contribution < -0.4 is 14.8 Å². The van der Waals surface area contributed by atoms with E-state index in [4.69, 9.17) is 14.2 Å². The smallest absolute Gasteiger partial charge is 0.310 e. The predicted octanol–water partition coefficient (Wildman–Crippen LogP) is 2.31. The van der Waals surface area contributed by atoms with E-state index in [-0.39, 0.29) is 11.9 Å². The zero-order valence-electron chi connectivity index (χ0n) is 16.6. The Kier molecular flexibility index (Phi) is 8.74. The van der Waals surface area contributed by atoms with Gasteiger partial charge in [-0.1, -0.05) is 6.07 Å². The number of carbonyl (C=O) groups excluding carboxylic acids is 1. The van der Waals surface area contributed by atoms with Gasteiger partial charge in [-0.2, -0.15) is 0 Å². The number of nitrogens with one attached hydrogen (secondary N) is 1. The van der Waals surface area contributed by atoms with Gasteiger partial charge < -0.3 is 24.4 Å². The molecule has 0 aromatic heterocycles. The Bertz CT molecular complexity index is 621. The first-order valence-corrected chi connectivity index (χ1v) is 9.57. The lowest BCUT2D eigenvalue weighted by Crippen LogP contribution is -2.48. The molecule has 0 bridgehead atoms. The Morgan fingerprint density at radius 2 is 2.19 bits per heavy atom. The van der Waals surface area contributed by atoms with Gasteiger partial charge in [0.05, 0.1) is 26.2 Å². The quantitative estimate of drug-likeness (QED) is 0.324. The fraction of sp³-hybridized carbons (Fsp3) is 0.600. The van der Waals surface area contributed by atoms with Crippen LogP contribution in [-0.2, 0) is 9.53 Å². The molecule has 0 spiro atoms. The molecule has 7 nitrogen and oxygen atoms in total. The maximum absolute atomic E-state index is 12.0. The summed E-state index contributed by atoms with van der Waals surface area (Å²) in [6.07, 6.45) is 2.68. The van der Waals surface area contributed by atoms with Crippen LogP contribution >= 0.6 is 0 Å². The summed E-state index contributed by atoms with van der Waals surface area (Å²) in [6.45, 7) is 5.16. The normalized spacial score (nSPS) is 17.4. The average Bonchev–Trinajstić information content (AvgIpc) is 2.71. The van der Waals surface area contributed by atoms with Crippen molar-refractivity contribution in [3.63, 3.8) is 0 Å². The lowest BCUT2D eigenvalue weighted by molar-refractivity contribution is -0.149. The molecule has 1 atom stereocenters. The molecular weight excluding hydrogens is 346 g/mol. The molecule has 2 rings (SSSR count). The van der Waals surface area contributed by atoms with Crippen LogP contribution in [0.15, 0.2) is 29.3 Å². The van der Waals surface area contributed by atoms with Gasteiger partial charge >= 0.3 is 5.97 Å². The first-order valence-electron chi connectivity index (χ1n) is 9.57. The van der Waals surface area contributed by atoms with E-state index in [2.05, 4.69) is 15.2 Å². The van der Waals surface area contributed by atoms with E-state index in [1.54, 1.807) is 14.2 Å². The van der Waals surface area contributed by atoms with E-state index in [1.807, 2.05) is 31.2 Å². The molecule has 1 unspecified atom stereocenters. The summed E-state index contributed by atoms with van der Waals surface area (Å²) < 4.78 is 16.1. The number of methoxy groups -OCH3 is 1. The van der Waals surface area contributed by atoms with Gasteiger partial charge in [-0.05, 0) is 38.3 Å². The fourth-order valence-electron chi connectivity index (χ4n) is 3.11. The van der Waals surface area contributed by atoms with Crippen LogP contribution in [0.4, 0.5) is 0 Å². The number of nitrogens with zero attached hydrogens (tertiary/aromatic N) is 2. The molecule has 150 valence electrons. The lowest BCUT2D eigenvalue weighted by atomic mass is 9.98. The number of rotatable bonds is 8. The number of guanidine groups is 1. The number of hydrogen-bond acceptors (Lipinski definition) is 5. The molecule has 1 fully saturated rings. The molecule has 7 heteroatoms. The van der Waals surface area contributed by atoms with Gasteiger partial charge in [0.2, 0.25) is 0 Å². The standard InChI is InChI=1S/C20H31N3O4/c1-4-26-19(24)16-8-6-12-23(15-16)20(21-2)22-11-7-13-27-18-10-5-9-17(14-18)25-3/h5,9-10,14,16H,4,6-8,11-13,15H2,1-3H3,(H,21,22). The lowest BCUT2D eigenvalue weighted by Gasteiger charge is -2.33. The van der Waals surface area contributed by atoms with Crippen molar-refractivity contribution in [2.75, 3.05) is 47.0 Å². The van der Waals surface area contributed by atoms with Crippen molar-refractivity contribution in [1.82, 2.24) is 10.2 Å². The number of benzene rings is 1. The predicted molar refractivity (Wildman–Crippen MR) is 105 cm³/mol. The highest BCUT2D eigenvalue weighted by Crippen LogP contribution is 2.19. The monoisotopic (exact) mass is 377 g/mol. The molecule has 1 N–H and O–H groups in total. The third kappa shape index (κ3) is 6.66. The Balaban J connectivity index is 1.72. The van der Waals surface area contributed by atoms with Crippen LogP contribution in [0.3, 0.4) is 0 Å². The SMILES string of the molecule is CCOC(=O)C1CCCN(C(=NC)NCCCOc2cccc(OC)c2)C1. The minimum Gasteiger partial charge on any atom is -0.497 e. The van der Waals surface area contributed by atoms with Crippen LogP contribution in [0.1, 0.15) is 26.2 Å². The van der Waals surface area contributed by atoms with E-state index >= 15 is 0 Å². The number of ether oxygens (including phenoxy) is 3. The Labute approximate surface area is 161 Å². The highest BCUT2D eigenvalue weighted by atomic mass is 16.5. The molecule has 0 aliphatic carbocycles. The number of aliphatic imine (C=N–C) groups is 1. The third-order valence-electron chi connectivity index (χ3n) is 4.47. The molecule has 0 radical (unpaired) electrons. The summed E-state index contributed by atoms with van der Waals surface area (Å²) >= 11 is 0. The van der Waals surface area contributed by atoms with Crippen molar-refractivity contribution in [1.29, 1.82) is 0 Å². The van der Waals surface area contributed by atoms with E-state index in [1.165, 1.54) is 0 Å². The highest BCUT2D eigenvalue weighted by Gasteiger charge is 2.28. The first-order chi connectivity index (χ1) is 13.2. The third-order valence-corrected chi connectivity index (χ3v) is 4.47. The topological polar surface area (TPSA) is 72.4 Å². The largest absolute Gasteiger partial charge is 0.497 e. The van der Waals surface area contributed by atoms with Crippen LogP contribution in [0, 0.1) is 5.92 Å². The van der Waals surface area contributed by atoms with Crippen molar-refractivity contribution in [2.45, 2.75) is 26.2 Å². The number of piperidine rings is 1. The van der Waals surface area contributed by atoms with Crippen molar-refractivity contribution in [2.24, 2.45) is 10.9 Å². The van der Waals surface area contributed by atoms with E-state index < -0.39 is 0 Å². The highest BCUT2D eigenvalue weighted by molar-refractivity contribution is 5.81. The summed E-state index contributed by atoms with van der Waals surface area (Å²) in [7, 11) is 3.41. The van der Waals surface area contributed by atoms with Crippen molar-refractivity contribution >= 4 is 11.9 Å². The van der Waals surface area contributed by atoms with Crippen molar-refractivity contribution in [3.05, 3.63) is 24.3 Å². The second-order valence-electron chi connectivity index (χ2n) is 6.39. The molecule has 1 heterocycles. The second kappa shape index (κ2) is 11.3. The molecule has 0 saturated carbocycles. The molecule has 1 aromatic rings. The van der Waals surface area contributed by atoms with Crippen LogP contribution in [-0.4, -0.2) is 63.8 Å². The zero-order chi connectivity index (χ0) is 19.5. The molecule has 0 amide bonds. The maximum atomic E-state index is 12.0.